The molecule has 1 saturated heterocycles. The van der Waals surface area contributed by atoms with Gasteiger partial charge < -0.3 is 14.7 Å². The van der Waals surface area contributed by atoms with Crippen LogP contribution in [0.2, 0.25) is 0 Å². The molecule has 1 atom stereocenters. The van der Waals surface area contributed by atoms with Crippen molar-refractivity contribution in [3.8, 4) is 11.3 Å². The zero-order chi connectivity index (χ0) is 20.3. The van der Waals surface area contributed by atoms with E-state index in [4.69, 9.17) is 4.52 Å². The summed E-state index contributed by atoms with van der Waals surface area (Å²) < 4.78 is 5.57. The van der Waals surface area contributed by atoms with E-state index in [1.54, 1.807) is 16.2 Å². The molecule has 0 bridgehead atoms. The fraction of sp³-hybridized carbons (Fsp3) is 0.318. The van der Waals surface area contributed by atoms with Crippen molar-refractivity contribution in [2.75, 3.05) is 6.54 Å². The highest BCUT2D eigenvalue weighted by Crippen LogP contribution is 2.34. The normalized spacial score (nSPS) is 18.7. The fourth-order valence-corrected chi connectivity index (χ4v) is 4.66. The summed E-state index contributed by atoms with van der Waals surface area (Å²) >= 11 is 1.59. The summed E-state index contributed by atoms with van der Waals surface area (Å²) in [5, 5.41) is 9.17. The first kappa shape index (κ1) is 19.4. The van der Waals surface area contributed by atoms with Gasteiger partial charge in [-0.25, -0.2) is 0 Å². The molecular formula is C22H23N3O3S. The summed E-state index contributed by atoms with van der Waals surface area (Å²) in [5.41, 5.74) is 0.729. The Morgan fingerprint density at radius 3 is 2.79 bits per heavy atom. The van der Waals surface area contributed by atoms with Gasteiger partial charge in [-0.1, -0.05) is 41.6 Å². The van der Waals surface area contributed by atoms with Crippen LogP contribution in [-0.4, -0.2) is 34.0 Å². The Labute approximate surface area is 173 Å². The minimum Gasteiger partial charge on any atom is -0.361 e. The molecule has 1 N–H and O–H groups in total. The van der Waals surface area contributed by atoms with Crippen molar-refractivity contribution >= 4 is 23.2 Å². The van der Waals surface area contributed by atoms with Gasteiger partial charge in [-0.2, -0.15) is 0 Å². The molecule has 150 valence electrons. The number of carbonyl (C=O) groups is 2. The summed E-state index contributed by atoms with van der Waals surface area (Å²) in [7, 11) is 0. The van der Waals surface area contributed by atoms with Gasteiger partial charge in [0.05, 0.1) is 6.54 Å². The number of hydrogen-bond donors (Lipinski definition) is 1. The van der Waals surface area contributed by atoms with Gasteiger partial charge in [-0.05, 0) is 24.3 Å². The molecule has 4 rings (SSSR count). The van der Waals surface area contributed by atoms with Crippen LogP contribution in [0.4, 0.5) is 0 Å². The lowest BCUT2D eigenvalue weighted by Crippen LogP contribution is -2.58. The Balaban J connectivity index is 1.58. The van der Waals surface area contributed by atoms with E-state index in [1.165, 1.54) is 6.92 Å². The van der Waals surface area contributed by atoms with Crippen molar-refractivity contribution in [3.05, 3.63) is 64.5 Å². The standard InChI is InChI=1S/C22H23N3O3S/c1-16(26)25-11-6-10-22(25,21(27)23-15-19-9-5-12-29-19)14-18-13-20(24-28-18)17-7-3-2-4-8-17/h2-5,7-9,12-13H,6,10-11,14-15H2,1H3,(H,23,27)/t22-/m0/s1. The Morgan fingerprint density at radius 2 is 2.07 bits per heavy atom. The number of aromatic nitrogens is 1. The Hall–Kier alpha value is -2.93. The highest BCUT2D eigenvalue weighted by atomic mass is 32.1. The van der Waals surface area contributed by atoms with Crippen LogP contribution in [0, 0.1) is 0 Å². The maximum Gasteiger partial charge on any atom is 0.246 e. The molecular weight excluding hydrogens is 386 g/mol. The third-order valence-electron chi connectivity index (χ3n) is 5.39. The number of nitrogens with one attached hydrogen (secondary N) is 1. The lowest BCUT2D eigenvalue weighted by atomic mass is 9.89. The highest BCUT2D eigenvalue weighted by Gasteiger charge is 2.49. The highest BCUT2D eigenvalue weighted by molar-refractivity contribution is 7.09. The van der Waals surface area contributed by atoms with E-state index in [9.17, 15) is 9.59 Å². The van der Waals surface area contributed by atoms with Gasteiger partial charge in [0, 0.05) is 36.4 Å². The van der Waals surface area contributed by atoms with E-state index in [0.717, 1.165) is 22.6 Å². The van der Waals surface area contributed by atoms with E-state index < -0.39 is 5.54 Å². The number of carbonyl (C=O) groups excluding carboxylic acids is 2. The fourth-order valence-electron chi connectivity index (χ4n) is 4.01. The zero-order valence-electron chi connectivity index (χ0n) is 16.3. The topological polar surface area (TPSA) is 75.4 Å². The van der Waals surface area contributed by atoms with E-state index in [0.29, 0.717) is 31.7 Å². The first-order valence-electron chi connectivity index (χ1n) is 9.68. The van der Waals surface area contributed by atoms with Gasteiger partial charge in [0.2, 0.25) is 11.8 Å². The molecule has 3 heterocycles. The molecule has 1 aromatic carbocycles. The molecule has 6 nitrogen and oxygen atoms in total. The summed E-state index contributed by atoms with van der Waals surface area (Å²) in [4.78, 5) is 28.4. The molecule has 29 heavy (non-hydrogen) atoms. The maximum atomic E-state index is 13.3. The second kappa shape index (κ2) is 8.21. The predicted octanol–water partition coefficient (Wildman–Crippen LogP) is 3.64. The van der Waals surface area contributed by atoms with E-state index in [-0.39, 0.29) is 11.8 Å². The molecule has 3 aromatic rings. The van der Waals surface area contributed by atoms with Crippen LogP contribution < -0.4 is 5.32 Å². The Kier molecular flexibility index (Phi) is 5.49. The van der Waals surface area contributed by atoms with Crippen molar-refractivity contribution < 1.29 is 14.1 Å². The number of nitrogens with zero attached hydrogens (tertiary/aromatic N) is 2. The van der Waals surface area contributed by atoms with Gasteiger partial charge in [-0.15, -0.1) is 11.3 Å². The van der Waals surface area contributed by atoms with Crippen molar-refractivity contribution in [2.24, 2.45) is 0 Å². The van der Waals surface area contributed by atoms with Crippen LogP contribution >= 0.6 is 11.3 Å². The van der Waals surface area contributed by atoms with Crippen LogP contribution in [0.5, 0.6) is 0 Å². The number of benzene rings is 1. The number of amides is 2. The third kappa shape index (κ3) is 3.96. The second-order valence-electron chi connectivity index (χ2n) is 7.29. The monoisotopic (exact) mass is 409 g/mol. The zero-order valence-corrected chi connectivity index (χ0v) is 17.1. The molecule has 1 fully saturated rings. The molecule has 0 saturated carbocycles. The van der Waals surface area contributed by atoms with Gasteiger partial charge in [0.15, 0.2) is 0 Å². The van der Waals surface area contributed by atoms with E-state index in [1.807, 2.05) is 53.9 Å². The molecule has 7 heteroatoms. The van der Waals surface area contributed by atoms with Crippen LogP contribution in [0.25, 0.3) is 11.3 Å². The third-order valence-corrected chi connectivity index (χ3v) is 6.27. The number of hydrogen-bond acceptors (Lipinski definition) is 5. The molecule has 1 aliphatic heterocycles. The van der Waals surface area contributed by atoms with Gasteiger partial charge in [-0.3, -0.25) is 9.59 Å². The smallest absolute Gasteiger partial charge is 0.246 e. The molecule has 2 amide bonds. The largest absolute Gasteiger partial charge is 0.361 e. The molecule has 0 aliphatic carbocycles. The van der Waals surface area contributed by atoms with Gasteiger partial charge in [0.1, 0.15) is 17.0 Å². The first-order valence-corrected chi connectivity index (χ1v) is 10.6. The average Bonchev–Trinajstić information content (AvgIpc) is 3.48. The molecule has 1 aliphatic rings. The number of likely N-dealkylation sites (tertiary alicyclic amines) is 1. The molecule has 2 aromatic heterocycles. The van der Waals surface area contributed by atoms with Crippen LogP contribution in [-0.2, 0) is 22.6 Å². The van der Waals surface area contributed by atoms with Crippen LogP contribution in [0.3, 0.4) is 0 Å². The minimum absolute atomic E-state index is 0.100. The Morgan fingerprint density at radius 1 is 1.24 bits per heavy atom. The van der Waals surface area contributed by atoms with Crippen LogP contribution in [0.1, 0.15) is 30.4 Å². The number of thiophene rings is 1. The van der Waals surface area contributed by atoms with Crippen molar-refractivity contribution in [1.29, 1.82) is 0 Å². The summed E-state index contributed by atoms with van der Waals surface area (Å²) in [6.07, 6.45) is 1.69. The van der Waals surface area contributed by atoms with E-state index >= 15 is 0 Å². The van der Waals surface area contributed by atoms with Crippen molar-refractivity contribution in [1.82, 2.24) is 15.4 Å². The van der Waals surface area contributed by atoms with Crippen LogP contribution in [0.15, 0.2) is 58.4 Å². The lowest BCUT2D eigenvalue weighted by molar-refractivity contribution is -0.144. The van der Waals surface area contributed by atoms with Gasteiger partial charge >= 0.3 is 0 Å². The van der Waals surface area contributed by atoms with E-state index in [2.05, 4.69) is 10.5 Å². The molecule has 0 radical (unpaired) electrons. The van der Waals surface area contributed by atoms with Crippen molar-refractivity contribution in [2.45, 2.75) is 38.3 Å². The SMILES string of the molecule is CC(=O)N1CCC[C@]1(Cc1cc(-c2ccccc2)no1)C(=O)NCc1cccs1. The lowest BCUT2D eigenvalue weighted by Gasteiger charge is -2.36. The number of rotatable bonds is 6. The molecule has 0 unspecified atom stereocenters. The summed E-state index contributed by atoms with van der Waals surface area (Å²) in [6, 6.07) is 15.6. The second-order valence-corrected chi connectivity index (χ2v) is 8.32. The predicted molar refractivity (Wildman–Crippen MR) is 111 cm³/mol. The molecule has 0 spiro atoms. The van der Waals surface area contributed by atoms with Crippen molar-refractivity contribution in [3.63, 3.8) is 0 Å². The maximum absolute atomic E-state index is 13.3. The Bertz CT molecular complexity index is 984. The minimum atomic E-state index is -0.948. The first-order chi connectivity index (χ1) is 14.1. The average molecular weight is 410 g/mol. The quantitative estimate of drug-likeness (QED) is 0.674. The summed E-state index contributed by atoms with van der Waals surface area (Å²) in [5.74, 6) is 0.358. The van der Waals surface area contributed by atoms with Gasteiger partial charge in [0.25, 0.3) is 0 Å². The summed E-state index contributed by atoms with van der Waals surface area (Å²) in [6.45, 7) is 2.54.